The summed E-state index contributed by atoms with van der Waals surface area (Å²) < 4.78 is 8.95. The molecule has 28 heavy (non-hydrogen) atoms. The van der Waals surface area contributed by atoms with Gasteiger partial charge < -0.3 is 9.30 Å². The molecule has 0 unspecified atom stereocenters. The molecule has 0 bridgehead atoms. The maximum absolute atomic E-state index is 6.48. The minimum atomic E-state index is 0.294. The Morgan fingerprint density at radius 1 is 1.00 bits per heavy atom. The Morgan fingerprint density at radius 3 is 2.64 bits per heavy atom. The number of benzene rings is 1. The van der Waals surface area contributed by atoms with E-state index in [0.29, 0.717) is 12.1 Å². The Balaban J connectivity index is 1.24. The number of ether oxygens (including phenoxy) is 1. The molecule has 1 aliphatic heterocycles. The highest BCUT2D eigenvalue weighted by molar-refractivity contribution is 5.86. The van der Waals surface area contributed by atoms with Crippen LogP contribution < -0.4 is 4.74 Å². The van der Waals surface area contributed by atoms with Gasteiger partial charge in [-0.1, -0.05) is 18.9 Å². The Bertz CT molecular complexity index is 909. The number of rotatable bonds is 5. The lowest BCUT2D eigenvalue weighted by Gasteiger charge is -2.32. The summed E-state index contributed by atoms with van der Waals surface area (Å²) in [6.07, 6.45) is 13.4. The second-order valence-corrected chi connectivity index (χ2v) is 8.14. The zero-order valence-corrected chi connectivity index (χ0v) is 16.3. The van der Waals surface area contributed by atoms with Crippen LogP contribution in [0, 0.1) is 0 Å². The molecule has 3 aromatic rings. The molecule has 146 valence electrons. The molecule has 0 N–H and O–H groups in total. The fourth-order valence-electron chi connectivity index (χ4n) is 4.77. The maximum Gasteiger partial charge on any atom is 0.129 e. The highest BCUT2D eigenvalue weighted by atomic mass is 16.5. The fourth-order valence-corrected chi connectivity index (χ4v) is 4.77. The molecular weight excluding hydrogens is 348 g/mol. The second-order valence-electron chi connectivity index (χ2n) is 8.14. The van der Waals surface area contributed by atoms with Crippen molar-refractivity contribution in [3.05, 3.63) is 54.7 Å². The lowest BCUT2D eigenvalue weighted by Crippen LogP contribution is -2.38. The lowest BCUT2D eigenvalue weighted by molar-refractivity contribution is 0.0972. The van der Waals surface area contributed by atoms with E-state index in [1.54, 1.807) is 6.33 Å². The third-order valence-electron chi connectivity index (χ3n) is 6.30. The van der Waals surface area contributed by atoms with Crippen molar-refractivity contribution in [1.29, 1.82) is 0 Å². The monoisotopic (exact) mass is 376 g/mol. The molecule has 0 amide bonds. The second kappa shape index (κ2) is 7.92. The molecule has 3 heterocycles. The molecule has 1 saturated carbocycles. The maximum atomic E-state index is 6.48. The first kappa shape index (κ1) is 17.7. The Kier molecular flexibility index (Phi) is 5.00. The van der Waals surface area contributed by atoms with Crippen molar-refractivity contribution in [2.24, 2.45) is 0 Å². The van der Waals surface area contributed by atoms with Crippen LogP contribution in [0.5, 0.6) is 5.75 Å². The average molecular weight is 377 g/mol. The van der Waals surface area contributed by atoms with Gasteiger partial charge in [-0.2, -0.15) is 0 Å². The predicted octanol–water partition coefficient (Wildman–Crippen LogP) is 4.59. The van der Waals surface area contributed by atoms with E-state index in [2.05, 4.69) is 49.9 Å². The summed E-state index contributed by atoms with van der Waals surface area (Å²) in [5.41, 5.74) is 2.41. The predicted molar refractivity (Wildman–Crippen MR) is 110 cm³/mol. The van der Waals surface area contributed by atoms with Gasteiger partial charge in [-0.05, 0) is 49.9 Å². The van der Waals surface area contributed by atoms with Gasteiger partial charge in [0, 0.05) is 43.5 Å². The molecule has 0 atom stereocenters. The normalized spacial score (nSPS) is 19.4. The first-order valence-corrected chi connectivity index (χ1v) is 10.6. The SMILES string of the molecule is c1cc(OC2CCN(Cc3ccncn3)CC2)c2ccn(C3CCCC3)c2c1. The smallest absolute Gasteiger partial charge is 0.129 e. The minimum absolute atomic E-state index is 0.294. The molecule has 0 radical (unpaired) electrons. The summed E-state index contributed by atoms with van der Waals surface area (Å²) in [6, 6.07) is 11.4. The van der Waals surface area contributed by atoms with Crippen LogP contribution in [0.2, 0.25) is 0 Å². The van der Waals surface area contributed by atoms with Crippen LogP contribution in [0.1, 0.15) is 50.3 Å². The standard InChI is InChI=1S/C23H28N4O/c1-2-5-19(4-1)27-15-11-21-22(27)6-3-7-23(21)28-20-9-13-26(14-10-20)16-18-8-12-24-17-25-18/h3,6-8,11-12,15,17,19-20H,1-2,4-5,9-10,13-14,16H2. The highest BCUT2D eigenvalue weighted by Crippen LogP contribution is 2.36. The summed E-state index contributed by atoms with van der Waals surface area (Å²) in [5.74, 6) is 1.04. The fraction of sp³-hybridized carbons (Fsp3) is 0.478. The van der Waals surface area contributed by atoms with Gasteiger partial charge >= 0.3 is 0 Å². The van der Waals surface area contributed by atoms with E-state index in [9.17, 15) is 0 Å². The third kappa shape index (κ3) is 3.63. The quantitative estimate of drug-likeness (QED) is 0.653. The molecule has 5 rings (SSSR count). The Labute approximate surface area is 166 Å². The van der Waals surface area contributed by atoms with E-state index in [4.69, 9.17) is 4.74 Å². The molecule has 0 spiro atoms. The number of hydrogen-bond acceptors (Lipinski definition) is 4. The number of nitrogens with zero attached hydrogens (tertiary/aromatic N) is 4. The number of likely N-dealkylation sites (tertiary alicyclic amines) is 1. The number of piperidine rings is 1. The van der Waals surface area contributed by atoms with E-state index in [1.807, 2.05) is 12.3 Å². The van der Waals surface area contributed by atoms with Gasteiger partial charge in [0.05, 0.1) is 11.2 Å². The number of fused-ring (bicyclic) bond motifs is 1. The van der Waals surface area contributed by atoms with Crippen LogP contribution in [-0.2, 0) is 6.54 Å². The van der Waals surface area contributed by atoms with Gasteiger partial charge in [0.15, 0.2) is 0 Å². The molecule has 2 aromatic heterocycles. The topological polar surface area (TPSA) is 43.2 Å². The summed E-state index contributed by atoms with van der Waals surface area (Å²) in [5, 5.41) is 1.26. The molecule has 1 saturated heterocycles. The first-order chi connectivity index (χ1) is 13.9. The lowest BCUT2D eigenvalue weighted by atomic mass is 10.1. The third-order valence-corrected chi connectivity index (χ3v) is 6.30. The van der Waals surface area contributed by atoms with Crippen molar-refractivity contribution >= 4 is 10.9 Å². The van der Waals surface area contributed by atoms with Gasteiger partial charge in [0.2, 0.25) is 0 Å². The van der Waals surface area contributed by atoms with Gasteiger partial charge in [-0.15, -0.1) is 0 Å². The Hall–Kier alpha value is -2.40. The Morgan fingerprint density at radius 2 is 1.86 bits per heavy atom. The molecular formula is C23H28N4O. The summed E-state index contributed by atoms with van der Waals surface area (Å²) >= 11 is 0. The summed E-state index contributed by atoms with van der Waals surface area (Å²) in [6.45, 7) is 3.00. The minimum Gasteiger partial charge on any atom is -0.490 e. The van der Waals surface area contributed by atoms with Gasteiger partial charge in [0.1, 0.15) is 18.2 Å². The van der Waals surface area contributed by atoms with Crippen molar-refractivity contribution in [2.45, 2.75) is 57.2 Å². The average Bonchev–Trinajstić information content (AvgIpc) is 3.40. The van der Waals surface area contributed by atoms with Crippen LogP contribution in [0.15, 0.2) is 49.1 Å². The van der Waals surface area contributed by atoms with Crippen molar-refractivity contribution in [3.8, 4) is 5.75 Å². The van der Waals surface area contributed by atoms with Crippen molar-refractivity contribution in [3.63, 3.8) is 0 Å². The van der Waals surface area contributed by atoms with Crippen LogP contribution in [0.25, 0.3) is 10.9 Å². The van der Waals surface area contributed by atoms with E-state index in [1.165, 1.54) is 36.6 Å². The van der Waals surface area contributed by atoms with Crippen LogP contribution in [0.3, 0.4) is 0 Å². The van der Waals surface area contributed by atoms with Crippen LogP contribution in [0.4, 0.5) is 0 Å². The first-order valence-electron chi connectivity index (χ1n) is 10.6. The van der Waals surface area contributed by atoms with Crippen LogP contribution >= 0.6 is 0 Å². The summed E-state index contributed by atoms with van der Waals surface area (Å²) in [4.78, 5) is 10.8. The molecule has 2 fully saturated rings. The molecule has 2 aliphatic rings. The van der Waals surface area contributed by atoms with Crippen molar-refractivity contribution in [1.82, 2.24) is 19.4 Å². The zero-order chi connectivity index (χ0) is 18.8. The van der Waals surface area contributed by atoms with E-state index < -0.39 is 0 Å². The van der Waals surface area contributed by atoms with E-state index >= 15 is 0 Å². The highest BCUT2D eigenvalue weighted by Gasteiger charge is 2.23. The molecule has 5 heteroatoms. The van der Waals surface area contributed by atoms with Gasteiger partial charge in [-0.25, -0.2) is 9.97 Å². The number of aromatic nitrogens is 3. The largest absolute Gasteiger partial charge is 0.490 e. The zero-order valence-electron chi connectivity index (χ0n) is 16.3. The van der Waals surface area contributed by atoms with Gasteiger partial charge in [-0.3, -0.25) is 4.90 Å². The van der Waals surface area contributed by atoms with Crippen molar-refractivity contribution < 1.29 is 4.74 Å². The van der Waals surface area contributed by atoms with E-state index in [0.717, 1.165) is 43.9 Å². The molecule has 1 aliphatic carbocycles. The number of hydrogen-bond donors (Lipinski definition) is 0. The van der Waals surface area contributed by atoms with Crippen molar-refractivity contribution in [2.75, 3.05) is 13.1 Å². The van der Waals surface area contributed by atoms with E-state index in [-0.39, 0.29) is 0 Å². The molecule has 1 aromatic carbocycles. The summed E-state index contributed by atoms with van der Waals surface area (Å²) in [7, 11) is 0. The van der Waals surface area contributed by atoms with Crippen LogP contribution in [-0.4, -0.2) is 38.6 Å². The molecule has 5 nitrogen and oxygen atoms in total. The van der Waals surface area contributed by atoms with Gasteiger partial charge in [0.25, 0.3) is 0 Å².